The Morgan fingerprint density at radius 2 is 1.96 bits per heavy atom. The molecule has 0 aliphatic heterocycles. The van der Waals surface area contributed by atoms with Gasteiger partial charge in [0.05, 0.1) is 5.56 Å². The second-order valence-corrected chi connectivity index (χ2v) is 5.69. The summed E-state index contributed by atoms with van der Waals surface area (Å²) in [5.41, 5.74) is 2.17. The maximum atomic E-state index is 12.9. The molecule has 0 aliphatic rings. The first-order valence-electron chi connectivity index (χ1n) is 7.01. The highest BCUT2D eigenvalue weighted by molar-refractivity contribution is 7.08. The molecule has 116 valence electrons. The lowest BCUT2D eigenvalue weighted by Crippen LogP contribution is -2.10. The zero-order valence-corrected chi connectivity index (χ0v) is 13.0. The smallest absolute Gasteiger partial charge is 0.256 e. The van der Waals surface area contributed by atoms with Crippen LogP contribution in [0.15, 0.2) is 65.4 Å². The van der Waals surface area contributed by atoms with Gasteiger partial charge in [-0.2, -0.15) is 11.3 Å². The van der Waals surface area contributed by atoms with E-state index in [1.165, 1.54) is 23.5 Å². The van der Waals surface area contributed by atoms with Gasteiger partial charge in [0.15, 0.2) is 0 Å². The molecule has 1 heterocycles. The zero-order valence-electron chi connectivity index (χ0n) is 12.2. The maximum absolute atomic E-state index is 12.9. The van der Waals surface area contributed by atoms with Crippen molar-refractivity contribution in [3.63, 3.8) is 0 Å². The number of hydrogen-bond donors (Lipinski definition) is 1. The summed E-state index contributed by atoms with van der Waals surface area (Å²) < 4.78 is 18.5. The van der Waals surface area contributed by atoms with Crippen molar-refractivity contribution in [1.82, 2.24) is 0 Å². The van der Waals surface area contributed by atoms with Gasteiger partial charge in [-0.25, -0.2) is 4.39 Å². The third-order valence-electron chi connectivity index (χ3n) is 3.19. The summed E-state index contributed by atoms with van der Waals surface area (Å²) in [4.78, 5) is 12.0. The standard InChI is InChI=1S/C18H14FNO2S/c19-15-6-4-13(5-7-15)11-22-17-3-1-2-16(10-17)20-18(21)14-8-9-23-12-14/h1-10,12H,11H2,(H,20,21). The second-order valence-electron chi connectivity index (χ2n) is 4.91. The van der Waals surface area contributed by atoms with Crippen LogP contribution in [0.4, 0.5) is 10.1 Å². The number of carbonyl (C=O) groups is 1. The molecule has 3 nitrogen and oxygen atoms in total. The van der Waals surface area contributed by atoms with E-state index in [0.717, 1.165) is 5.56 Å². The number of amides is 1. The molecule has 1 amide bonds. The van der Waals surface area contributed by atoms with Gasteiger partial charge in [0.2, 0.25) is 0 Å². The van der Waals surface area contributed by atoms with Gasteiger partial charge in [-0.05, 0) is 41.3 Å². The van der Waals surface area contributed by atoms with Gasteiger partial charge < -0.3 is 10.1 Å². The van der Waals surface area contributed by atoms with Crippen LogP contribution in [0.1, 0.15) is 15.9 Å². The number of rotatable bonds is 5. The van der Waals surface area contributed by atoms with Crippen LogP contribution < -0.4 is 10.1 Å². The predicted octanol–water partition coefficient (Wildman–Crippen LogP) is 4.72. The Morgan fingerprint density at radius 1 is 1.13 bits per heavy atom. The van der Waals surface area contributed by atoms with Crippen molar-refractivity contribution >= 4 is 22.9 Å². The van der Waals surface area contributed by atoms with Gasteiger partial charge in [0, 0.05) is 17.1 Å². The number of hydrogen-bond acceptors (Lipinski definition) is 3. The molecular weight excluding hydrogens is 313 g/mol. The fourth-order valence-electron chi connectivity index (χ4n) is 2.01. The van der Waals surface area contributed by atoms with E-state index in [9.17, 15) is 9.18 Å². The Balaban J connectivity index is 1.63. The lowest BCUT2D eigenvalue weighted by atomic mass is 10.2. The van der Waals surface area contributed by atoms with E-state index in [-0.39, 0.29) is 11.7 Å². The lowest BCUT2D eigenvalue weighted by molar-refractivity contribution is 0.102. The predicted molar refractivity (Wildman–Crippen MR) is 89.4 cm³/mol. The van der Waals surface area contributed by atoms with E-state index >= 15 is 0 Å². The fraction of sp³-hybridized carbons (Fsp3) is 0.0556. The first-order valence-corrected chi connectivity index (χ1v) is 7.96. The van der Waals surface area contributed by atoms with Crippen molar-refractivity contribution in [3.05, 3.63) is 82.3 Å². The van der Waals surface area contributed by atoms with Crippen molar-refractivity contribution < 1.29 is 13.9 Å². The number of ether oxygens (including phenoxy) is 1. The molecule has 0 fully saturated rings. The molecule has 0 radical (unpaired) electrons. The summed E-state index contributed by atoms with van der Waals surface area (Å²) in [6.45, 7) is 0.336. The van der Waals surface area contributed by atoms with Crippen molar-refractivity contribution in [1.29, 1.82) is 0 Å². The molecule has 23 heavy (non-hydrogen) atoms. The van der Waals surface area contributed by atoms with Crippen LogP contribution in [0, 0.1) is 5.82 Å². The van der Waals surface area contributed by atoms with Gasteiger partial charge >= 0.3 is 0 Å². The van der Waals surface area contributed by atoms with Crippen LogP contribution in [-0.2, 0) is 6.61 Å². The lowest BCUT2D eigenvalue weighted by Gasteiger charge is -2.09. The van der Waals surface area contributed by atoms with Crippen LogP contribution in [0.25, 0.3) is 0 Å². The maximum Gasteiger partial charge on any atom is 0.256 e. The van der Waals surface area contributed by atoms with E-state index in [4.69, 9.17) is 4.74 Å². The minimum Gasteiger partial charge on any atom is -0.489 e. The average Bonchev–Trinajstić information content (AvgIpc) is 3.09. The minimum atomic E-state index is -0.271. The highest BCUT2D eigenvalue weighted by Gasteiger charge is 2.06. The van der Waals surface area contributed by atoms with Crippen LogP contribution in [0.3, 0.4) is 0 Å². The molecule has 3 rings (SSSR count). The SMILES string of the molecule is O=C(Nc1cccc(OCc2ccc(F)cc2)c1)c1ccsc1. The number of halogens is 1. The Labute approximate surface area is 137 Å². The number of anilines is 1. The zero-order chi connectivity index (χ0) is 16.1. The summed E-state index contributed by atoms with van der Waals surface area (Å²) in [5.74, 6) is 0.214. The Morgan fingerprint density at radius 3 is 2.70 bits per heavy atom. The molecule has 0 bridgehead atoms. The van der Waals surface area contributed by atoms with Gasteiger partial charge in [-0.1, -0.05) is 18.2 Å². The van der Waals surface area contributed by atoms with E-state index in [2.05, 4.69) is 5.32 Å². The van der Waals surface area contributed by atoms with Crippen molar-refractivity contribution in [3.8, 4) is 5.75 Å². The first-order chi connectivity index (χ1) is 11.2. The molecule has 1 aromatic heterocycles. The van der Waals surface area contributed by atoms with Crippen LogP contribution in [0.5, 0.6) is 5.75 Å². The van der Waals surface area contributed by atoms with E-state index in [1.54, 1.807) is 35.7 Å². The molecule has 1 N–H and O–H groups in total. The van der Waals surface area contributed by atoms with E-state index in [0.29, 0.717) is 23.6 Å². The molecule has 0 spiro atoms. The number of thiophene rings is 1. The van der Waals surface area contributed by atoms with Crippen LogP contribution in [0.2, 0.25) is 0 Å². The second kappa shape index (κ2) is 7.07. The molecule has 2 aromatic carbocycles. The highest BCUT2D eigenvalue weighted by Crippen LogP contribution is 2.20. The molecular formula is C18H14FNO2S. The summed E-state index contributed by atoms with van der Waals surface area (Å²) in [5, 5.41) is 6.48. The first kappa shape index (κ1) is 15.2. The van der Waals surface area contributed by atoms with Crippen LogP contribution in [-0.4, -0.2) is 5.91 Å². The summed E-state index contributed by atoms with van der Waals surface area (Å²) in [7, 11) is 0. The van der Waals surface area contributed by atoms with Crippen molar-refractivity contribution in [2.75, 3.05) is 5.32 Å². The van der Waals surface area contributed by atoms with Crippen molar-refractivity contribution in [2.24, 2.45) is 0 Å². The van der Waals surface area contributed by atoms with Gasteiger partial charge in [-0.3, -0.25) is 4.79 Å². The van der Waals surface area contributed by atoms with E-state index in [1.807, 2.05) is 17.5 Å². The molecule has 0 saturated heterocycles. The van der Waals surface area contributed by atoms with Gasteiger partial charge in [0.25, 0.3) is 5.91 Å². The largest absolute Gasteiger partial charge is 0.489 e. The quantitative estimate of drug-likeness (QED) is 0.736. The van der Waals surface area contributed by atoms with Crippen LogP contribution >= 0.6 is 11.3 Å². The summed E-state index contributed by atoms with van der Waals surface area (Å²) in [6, 6.07) is 15.1. The molecule has 0 unspecified atom stereocenters. The van der Waals surface area contributed by atoms with Crippen molar-refractivity contribution in [2.45, 2.75) is 6.61 Å². The normalized spacial score (nSPS) is 10.3. The fourth-order valence-corrected chi connectivity index (χ4v) is 2.64. The third-order valence-corrected chi connectivity index (χ3v) is 3.88. The number of carbonyl (C=O) groups excluding carboxylic acids is 1. The van der Waals surface area contributed by atoms with Gasteiger partial charge in [-0.15, -0.1) is 0 Å². The Bertz CT molecular complexity index is 785. The topological polar surface area (TPSA) is 38.3 Å². The molecule has 0 saturated carbocycles. The molecule has 0 atom stereocenters. The highest BCUT2D eigenvalue weighted by atomic mass is 32.1. The van der Waals surface area contributed by atoms with E-state index < -0.39 is 0 Å². The Kier molecular flexibility index (Phi) is 4.68. The minimum absolute atomic E-state index is 0.151. The molecule has 3 aromatic rings. The summed E-state index contributed by atoms with van der Waals surface area (Å²) in [6.07, 6.45) is 0. The Hall–Kier alpha value is -2.66. The van der Waals surface area contributed by atoms with Gasteiger partial charge in [0.1, 0.15) is 18.2 Å². The average molecular weight is 327 g/mol. The monoisotopic (exact) mass is 327 g/mol. The molecule has 5 heteroatoms. The third kappa shape index (κ3) is 4.17. The number of nitrogens with one attached hydrogen (secondary N) is 1. The summed E-state index contributed by atoms with van der Waals surface area (Å²) >= 11 is 1.48. The number of benzene rings is 2. The molecule has 0 aliphatic carbocycles.